The number of hydrogen-bond acceptors (Lipinski definition) is 3. The number of rotatable bonds is 3. The molecule has 1 aromatic carbocycles. The van der Waals surface area contributed by atoms with Gasteiger partial charge in [-0.05, 0) is 28.2 Å². The molecule has 0 radical (unpaired) electrons. The number of aromatic amines is 1. The first-order valence-corrected chi connectivity index (χ1v) is 6.73. The van der Waals surface area contributed by atoms with Crippen LogP contribution in [0, 0.1) is 3.57 Å². The Balaban J connectivity index is 2.11. The van der Waals surface area contributed by atoms with Crippen molar-refractivity contribution in [1.82, 2.24) is 9.97 Å². The van der Waals surface area contributed by atoms with Crippen LogP contribution in [0.4, 0.5) is 0 Å². The molecule has 0 amide bonds. The zero-order valence-corrected chi connectivity index (χ0v) is 11.3. The minimum absolute atomic E-state index is 0.0776. The molecule has 0 aliphatic rings. The zero-order valence-electron chi connectivity index (χ0n) is 8.31. The van der Waals surface area contributed by atoms with Gasteiger partial charge in [0, 0.05) is 5.75 Å². The first-order chi connectivity index (χ1) is 7.77. The Morgan fingerprint density at radius 3 is 2.81 bits per heavy atom. The fourth-order valence-electron chi connectivity index (χ4n) is 1.19. The smallest absolute Gasteiger partial charge is 0.265 e. The molecule has 0 aliphatic carbocycles. The highest BCUT2D eigenvalue weighted by atomic mass is 127. The Morgan fingerprint density at radius 2 is 2.06 bits per heavy atom. The van der Waals surface area contributed by atoms with E-state index in [1.165, 1.54) is 11.9 Å². The molecular weight excluding hydrogens is 335 g/mol. The lowest BCUT2D eigenvalue weighted by Gasteiger charge is -2.02. The molecule has 1 N–H and O–H groups in total. The Bertz CT molecular complexity index is 527. The predicted molar refractivity (Wildman–Crippen MR) is 73.6 cm³/mol. The van der Waals surface area contributed by atoms with Crippen molar-refractivity contribution in [2.24, 2.45) is 0 Å². The summed E-state index contributed by atoms with van der Waals surface area (Å²) in [7, 11) is 0. The molecule has 16 heavy (non-hydrogen) atoms. The van der Waals surface area contributed by atoms with Gasteiger partial charge in [0.2, 0.25) is 0 Å². The highest BCUT2D eigenvalue weighted by molar-refractivity contribution is 14.1. The van der Waals surface area contributed by atoms with Gasteiger partial charge in [0.1, 0.15) is 8.60 Å². The van der Waals surface area contributed by atoms with Gasteiger partial charge in [0.05, 0.1) is 6.33 Å². The number of hydrogen-bond donors (Lipinski definition) is 1. The number of H-pyrrole nitrogens is 1. The SMILES string of the molecule is O=c1[nH]cnc(SCc2ccccc2)c1I. The number of thioether (sulfide) groups is 1. The van der Waals surface area contributed by atoms with Crippen LogP contribution in [0.15, 0.2) is 46.5 Å². The van der Waals surface area contributed by atoms with Gasteiger partial charge >= 0.3 is 0 Å². The summed E-state index contributed by atoms with van der Waals surface area (Å²) in [5.41, 5.74) is 1.15. The molecule has 1 aromatic heterocycles. The van der Waals surface area contributed by atoms with Gasteiger partial charge in [-0.2, -0.15) is 0 Å². The maximum Gasteiger partial charge on any atom is 0.265 e. The Hall–Kier alpha value is -0.820. The summed E-state index contributed by atoms with van der Waals surface area (Å²) in [6, 6.07) is 10.1. The minimum Gasteiger partial charge on any atom is -0.312 e. The van der Waals surface area contributed by atoms with Crippen molar-refractivity contribution in [3.63, 3.8) is 0 Å². The lowest BCUT2D eigenvalue weighted by atomic mass is 10.2. The number of benzene rings is 1. The number of aromatic nitrogens is 2. The molecule has 2 aromatic rings. The van der Waals surface area contributed by atoms with E-state index >= 15 is 0 Å². The van der Waals surface area contributed by atoms with Gasteiger partial charge in [0.25, 0.3) is 5.56 Å². The molecule has 0 spiro atoms. The molecule has 1 heterocycles. The molecule has 82 valence electrons. The summed E-state index contributed by atoms with van der Waals surface area (Å²) in [6.07, 6.45) is 1.44. The molecule has 0 bridgehead atoms. The second-order valence-corrected chi connectivity index (χ2v) is 5.17. The van der Waals surface area contributed by atoms with Crippen LogP contribution >= 0.6 is 34.4 Å². The molecule has 0 atom stereocenters. The topological polar surface area (TPSA) is 45.8 Å². The monoisotopic (exact) mass is 344 g/mol. The second-order valence-electron chi connectivity index (χ2n) is 3.13. The Labute approximate surface area is 111 Å². The van der Waals surface area contributed by atoms with E-state index in [1.54, 1.807) is 11.8 Å². The van der Waals surface area contributed by atoms with Crippen molar-refractivity contribution in [3.05, 3.63) is 56.1 Å². The molecule has 3 nitrogen and oxygen atoms in total. The number of nitrogens with zero attached hydrogens (tertiary/aromatic N) is 1. The lowest BCUT2D eigenvalue weighted by molar-refractivity contribution is 0.987. The van der Waals surface area contributed by atoms with Crippen LogP contribution in [0.3, 0.4) is 0 Å². The van der Waals surface area contributed by atoms with E-state index in [0.29, 0.717) is 3.57 Å². The third kappa shape index (κ3) is 2.85. The molecule has 0 saturated carbocycles. The van der Waals surface area contributed by atoms with E-state index in [4.69, 9.17) is 0 Å². The first-order valence-electron chi connectivity index (χ1n) is 4.67. The Kier molecular flexibility index (Phi) is 4.00. The Morgan fingerprint density at radius 1 is 1.31 bits per heavy atom. The summed E-state index contributed by atoms with van der Waals surface area (Å²) in [6.45, 7) is 0. The second kappa shape index (κ2) is 5.49. The van der Waals surface area contributed by atoms with Gasteiger partial charge in [-0.1, -0.05) is 30.3 Å². The highest BCUT2D eigenvalue weighted by Gasteiger charge is 2.05. The lowest BCUT2D eigenvalue weighted by Crippen LogP contribution is -2.11. The third-order valence-corrected chi connectivity index (χ3v) is 4.41. The fraction of sp³-hybridized carbons (Fsp3) is 0.0909. The van der Waals surface area contributed by atoms with Crippen LogP contribution in [0.1, 0.15) is 5.56 Å². The largest absolute Gasteiger partial charge is 0.312 e. The van der Waals surface area contributed by atoms with E-state index in [1.807, 2.05) is 40.8 Å². The number of halogens is 1. The number of nitrogens with one attached hydrogen (secondary N) is 1. The zero-order chi connectivity index (χ0) is 11.4. The van der Waals surface area contributed by atoms with Gasteiger partial charge in [0.15, 0.2) is 0 Å². The van der Waals surface area contributed by atoms with Crippen molar-refractivity contribution >= 4 is 34.4 Å². The van der Waals surface area contributed by atoms with Crippen molar-refractivity contribution in [1.29, 1.82) is 0 Å². The first kappa shape index (κ1) is 11.7. The fourth-order valence-corrected chi connectivity index (χ4v) is 2.80. The molecule has 0 saturated heterocycles. The summed E-state index contributed by atoms with van der Waals surface area (Å²) < 4.78 is 0.654. The van der Waals surface area contributed by atoms with Gasteiger partial charge < -0.3 is 4.98 Å². The van der Waals surface area contributed by atoms with Crippen molar-refractivity contribution in [2.45, 2.75) is 10.8 Å². The van der Waals surface area contributed by atoms with E-state index in [2.05, 4.69) is 22.1 Å². The van der Waals surface area contributed by atoms with Crippen LogP contribution in [0.2, 0.25) is 0 Å². The predicted octanol–water partition coefficient (Wildman–Crippen LogP) is 2.67. The maximum atomic E-state index is 11.3. The summed E-state index contributed by atoms with van der Waals surface area (Å²) in [5.74, 6) is 0.827. The van der Waals surface area contributed by atoms with Crippen LogP contribution < -0.4 is 5.56 Å². The standard InChI is InChI=1S/C11H9IN2OS/c12-9-10(15)13-7-14-11(9)16-6-8-4-2-1-3-5-8/h1-5,7H,6H2,(H,13,14,15). The molecular formula is C11H9IN2OS. The quantitative estimate of drug-likeness (QED) is 0.529. The highest BCUT2D eigenvalue weighted by Crippen LogP contribution is 2.22. The molecule has 0 aliphatic heterocycles. The normalized spacial score (nSPS) is 10.3. The summed E-state index contributed by atoms with van der Waals surface area (Å²) in [4.78, 5) is 18.0. The summed E-state index contributed by atoms with van der Waals surface area (Å²) >= 11 is 3.60. The molecule has 0 unspecified atom stereocenters. The van der Waals surface area contributed by atoms with Gasteiger partial charge in [-0.3, -0.25) is 4.79 Å². The third-order valence-electron chi connectivity index (χ3n) is 1.98. The van der Waals surface area contributed by atoms with E-state index in [9.17, 15) is 4.79 Å². The van der Waals surface area contributed by atoms with Crippen molar-refractivity contribution < 1.29 is 0 Å². The van der Waals surface area contributed by atoms with E-state index in [-0.39, 0.29) is 5.56 Å². The molecule has 2 rings (SSSR count). The van der Waals surface area contributed by atoms with E-state index in [0.717, 1.165) is 10.8 Å². The van der Waals surface area contributed by atoms with Gasteiger partial charge in [-0.25, -0.2) is 4.98 Å². The van der Waals surface area contributed by atoms with E-state index < -0.39 is 0 Å². The molecule has 0 fully saturated rings. The van der Waals surface area contributed by atoms with Crippen molar-refractivity contribution in [3.8, 4) is 0 Å². The maximum absolute atomic E-state index is 11.3. The summed E-state index contributed by atoms with van der Waals surface area (Å²) in [5, 5.41) is 0.785. The van der Waals surface area contributed by atoms with Crippen LogP contribution in [-0.4, -0.2) is 9.97 Å². The van der Waals surface area contributed by atoms with Gasteiger partial charge in [-0.15, -0.1) is 11.8 Å². The molecule has 5 heteroatoms. The minimum atomic E-state index is -0.0776. The van der Waals surface area contributed by atoms with Crippen LogP contribution in [-0.2, 0) is 5.75 Å². The van der Waals surface area contributed by atoms with Crippen molar-refractivity contribution in [2.75, 3.05) is 0 Å². The average molecular weight is 344 g/mol. The van der Waals surface area contributed by atoms with Crippen LogP contribution in [0.5, 0.6) is 0 Å². The average Bonchev–Trinajstić information content (AvgIpc) is 2.32. The van der Waals surface area contributed by atoms with Crippen LogP contribution in [0.25, 0.3) is 0 Å².